The Bertz CT molecular complexity index is 456. The molecule has 2 aromatic rings. The Hall–Kier alpha value is -0.390. The van der Waals surface area contributed by atoms with Gasteiger partial charge in [-0.25, -0.2) is 4.98 Å². The quantitative estimate of drug-likeness (QED) is 0.838. The van der Waals surface area contributed by atoms with Crippen molar-refractivity contribution in [2.24, 2.45) is 0 Å². The van der Waals surface area contributed by atoms with Crippen molar-refractivity contribution in [3.05, 3.63) is 43.7 Å². The molecule has 0 saturated heterocycles. The van der Waals surface area contributed by atoms with Crippen molar-refractivity contribution in [2.75, 3.05) is 5.32 Å². The van der Waals surface area contributed by atoms with Gasteiger partial charge in [-0.2, -0.15) is 0 Å². The highest BCUT2D eigenvalue weighted by molar-refractivity contribution is 9.11. The first kappa shape index (κ1) is 11.1. The van der Waals surface area contributed by atoms with Crippen LogP contribution >= 0.6 is 43.2 Å². The van der Waals surface area contributed by atoms with E-state index < -0.39 is 0 Å². The number of nitrogens with zero attached hydrogens (tertiary/aromatic N) is 1. The van der Waals surface area contributed by atoms with Gasteiger partial charge in [0.25, 0.3) is 0 Å². The lowest BCUT2D eigenvalue weighted by atomic mass is 10.4. The summed E-state index contributed by atoms with van der Waals surface area (Å²) in [6.07, 6.45) is 1.76. The molecule has 0 fully saturated rings. The average molecular weight is 348 g/mol. The first-order valence-electron chi connectivity index (χ1n) is 4.34. The molecule has 0 radical (unpaired) electrons. The fraction of sp³-hybridized carbons (Fsp3) is 0.100. The second-order valence-electron chi connectivity index (χ2n) is 2.90. The van der Waals surface area contributed by atoms with Gasteiger partial charge in [-0.15, -0.1) is 11.3 Å². The Morgan fingerprint density at radius 3 is 2.80 bits per heavy atom. The van der Waals surface area contributed by atoms with Crippen molar-refractivity contribution >= 4 is 48.9 Å². The molecule has 2 nitrogen and oxygen atoms in total. The second-order valence-corrected chi connectivity index (χ2v) is 6.20. The highest BCUT2D eigenvalue weighted by Gasteiger charge is 2.00. The third-order valence-corrected chi connectivity index (χ3v) is 4.10. The van der Waals surface area contributed by atoms with Gasteiger partial charge in [0.15, 0.2) is 0 Å². The fourth-order valence-corrected chi connectivity index (χ4v) is 2.96. The minimum absolute atomic E-state index is 0.820. The molecule has 0 atom stereocenters. The molecule has 2 heterocycles. The minimum atomic E-state index is 0.820. The van der Waals surface area contributed by atoms with Gasteiger partial charge in [-0.1, -0.05) is 0 Å². The summed E-state index contributed by atoms with van der Waals surface area (Å²) >= 11 is 8.57. The van der Waals surface area contributed by atoms with E-state index in [0.29, 0.717) is 0 Å². The van der Waals surface area contributed by atoms with Gasteiger partial charge in [0.1, 0.15) is 4.60 Å². The van der Waals surface area contributed by atoms with Crippen molar-refractivity contribution in [2.45, 2.75) is 6.54 Å². The highest BCUT2D eigenvalue weighted by atomic mass is 79.9. The molecule has 2 aromatic heterocycles. The van der Waals surface area contributed by atoms with Gasteiger partial charge in [-0.3, -0.25) is 0 Å². The lowest BCUT2D eigenvalue weighted by Crippen LogP contribution is -1.98. The number of rotatable bonds is 3. The summed E-state index contributed by atoms with van der Waals surface area (Å²) in [6.45, 7) is 0.820. The van der Waals surface area contributed by atoms with E-state index in [-0.39, 0.29) is 0 Å². The Labute approximate surface area is 109 Å². The fourth-order valence-electron chi connectivity index (χ4n) is 1.15. The lowest BCUT2D eigenvalue weighted by molar-refractivity contribution is 1.16. The maximum atomic E-state index is 4.14. The van der Waals surface area contributed by atoms with Gasteiger partial charge in [-0.05, 0) is 56.1 Å². The van der Waals surface area contributed by atoms with Crippen LogP contribution in [0.5, 0.6) is 0 Å². The number of hydrogen-bond donors (Lipinski definition) is 1. The second kappa shape index (κ2) is 5.09. The van der Waals surface area contributed by atoms with E-state index >= 15 is 0 Å². The molecule has 1 N–H and O–H groups in total. The molecule has 78 valence electrons. The Kier molecular flexibility index (Phi) is 3.77. The predicted octanol–water partition coefficient (Wildman–Crippen LogP) is 4.28. The van der Waals surface area contributed by atoms with Crippen molar-refractivity contribution in [3.8, 4) is 0 Å². The van der Waals surface area contributed by atoms with Crippen LogP contribution in [-0.2, 0) is 6.54 Å². The molecular weight excluding hydrogens is 340 g/mol. The van der Waals surface area contributed by atoms with E-state index in [1.807, 2.05) is 12.1 Å². The molecule has 5 heteroatoms. The third-order valence-electron chi connectivity index (χ3n) is 1.84. The zero-order chi connectivity index (χ0) is 10.7. The summed E-state index contributed by atoms with van der Waals surface area (Å²) in [6, 6.07) is 8.07. The maximum absolute atomic E-state index is 4.14. The standard InChI is InChI=1S/C10H8Br2N2S/c11-9-4-3-7(15-9)6-14-8-2-1-5-13-10(8)12/h1-5,14H,6H2. The molecule has 0 aliphatic rings. The summed E-state index contributed by atoms with van der Waals surface area (Å²) in [7, 11) is 0. The van der Waals surface area contributed by atoms with Crippen molar-refractivity contribution in [1.29, 1.82) is 0 Å². The van der Waals surface area contributed by atoms with E-state index in [2.05, 4.69) is 54.3 Å². The van der Waals surface area contributed by atoms with Gasteiger partial charge < -0.3 is 5.32 Å². The van der Waals surface area contributed by atoms with E-state index in [0.717, 1.165) is 20.6 Å². The van der Waals surface area contributed by atoms with Crippen LogP contribution in [0.3, 0.4) is 0 Å². The van der Waals surface area contributed by atoms with E-state index in [4.69, 9.17) is 0 Å². The van der Waals surface area contributed by atoms with Crippen LogP contribution in [0.1, 0.15) is 4.88 Å². The maximum Gasteiger partial charge on any atom is 0.129 e. The summed E-state index contributed by atoms with van der Waals surface area (Å²) in [4.78, 5) is 5.43. The van der Waals surface area contributed by atoms with E-state index in [1.165, 1.54) is 4.88 Å². The molecule has 0 aromatic carbocycles. The minimum Gasteiger partial charge on any atom is -0.378 e. The summed E-state index contributed by atoms with van der Waals surface area (Å²) < 4.78 is 2.00. The van der Waals surface area contributed by atoms with Gasteiger partial charge in [0.05, 0.1) is 9.47 Å². The van der Waals surface area contributed by atoms with Crippen LogP contribution in [0, 0.1) is 0 Å². The van der Waals surface area contributed by atoms with E-state index in [1.54, 1.807) is 17.5 Å². The van der Waals surface area contributed by atoms with Gasteiger partial charge >= 0.3 is 0 Å². The third kappa shape index (κ3) is 3.03. The summed E-state index contributed by atoms with van der Waals surface area (Å²) in [5, 5.41) is 3.32. The van der Waals surface area contributed by atoms with Crippen LogP contribution in [0.2, 0.25) is 0 Å². The zero-order valence-corrected chi connectivity index (χ0v) is 11.7. The number of halogens is 2. The predicted molar refractivity (Wildman–Crippen MR) is 71.3 cm³/mol. The van der Waals surface area contributed by atoms with Gasteiger partial charge in [0, 0.05) is 17.6 Å². The molecule has 15 heavy (non-hydrogen) atoms. The number of thiophene rings is 1. The number of aromatic nitrogens is 1. The van der Waals surface area contributed by atoms with Crippen LogP contribution in [0.25, 0.3) is 0 Å². The van der Waals surface area contributed by atoms with E-state index in [9.17, 15) is 0 Å². The molecule has 0 aliphatic heterocycles. The average Bonchev–Trinajstić information content (AvgIpc) is 2.63. The molecule has 0 aliphatic carbocycles. The van der Waals surface area contributed by atoms with Crippen molar-refractivity contribution < 1.29 is 0 Å². The number of hydrogen-bond acceptors (Lipinski definition) is 3. The summed E-state index contributed by atoms with van der Waals surface area (Å²) in [5.41, 5.74) is 1.02. The summed E-state index contributed by atoms with van der Waals surface area (Å²) in [5.74, 6) is 0. The largest absolute Gasteiger partial charge is 0.378 e. The molecule has 0 unspecified atom stereocenters. The lowest BCUT2D eigenvalue weighted by Gasteiger charge is -2.05. The molecule has 0 spiro atoms. The Morgan fingerprint density at radius 2 is 2.13 bits per heavy atom. The SMILES string of the molecule is Brc1ccc(CNc2cccnc2Br)s1. The zero-order valence-electron chi connectivity index (χ0n) is 7.71. The Morgan fingerprint density at radius 1 is 1.27 bits per heavy atom. The monoisotopic (exact) mass is 346 g/mol. The Balaban J connectivity index is 2.02. The molecule has 0 amide bonds. The number of pyridine rings is 1. The van der Waals surface area contributed by atoms with Crippen molar-refractivity contribution in [1.82, 2.24) is 4.98 Å². The van der Waals surface area contributed by atoms with Crippen LogP contribution < -0.4 is 5.32 Å². The number of nitrogens with one attached hydrogen (secondary N) is 1. The molecule has 2 rings (SSSR count). The topological polar surface area (TPSA) is 24.9 Å². The first-order chi connectivity index (χ1) is 7.25. The highest BCUT2D eigenvalue weighted by Crippen LogP contribution is 2.24. The van der Waals surface area contributed by atoms with Gasteiger partial charge in [0.2, 0.25) is 0 Å². The number of anilines is 1. The van der Waals surface area contributed by atoms with Crippen molar-refractivity contribution in [3.63, 3.8) is 0 Å². The van der Waals surface area contributed by atoms with Crippen LogP contribution in [0.4, 0.5) is 5.69 Å². The normalized spacial score (nSPS) is 10.3. The van der Waals surface area contributed by atoms with Crippen LogP contribution in [0.15, 0.2) is 38.9 Å². The molecular formula is C10H8Br2N2S. The molecule has 0 bridgehead atoms. The molecule has 0 saturated carbocycles. The first-order valence-corrected chi connectivity index (χ1v) is 6.74. The van der Waals surface area contributed by atoms with Crippen LogP contribution in [-0.4, -0.2) is 4.98 Å². The smallest absolute Gasteiger partial charge is 0.129 e.